The molecule has 0 fully saturated rings. The Morgan fingerprint density at radius 2 is 2.00 bits per heavy atom. The van der Waals surface area contributed by atoms with Gasteiger partial charge in [0.05, 0.1) is 21.7 Å². The van der Waals surface area contributed by atoms with E-state index < -0.39 is 5.91 Å². The Hall–Kier alpha value is -2.74. The Morgan fingerprint density at radius 1 is 1.22 bits per heavy atom. The van der Waals surface area contributed by atoms with E-state index in [9.17, 15) is 9.59 Å². The highest BCUT2D eigenvalue weighted by molar-refractivity contribution is 7.13. The fourth-order valence-corrected chi connectivity index (χ4v) is 4.03. The van der Waals surface area contributed by atoms with Crippen LogP contribution < -0.4 is 11.1 Å². The number of carbonyl (C=O) groups excluding carboxylic acids is 2. The highest BCUT2D eigenvalue weighted by Gasteiger charge is 2.19. The zero-order chi connectivity index (χ0) is 19.6. The number of anilines is 1. The third-order valence-corrected chi connectivity index (χ3v) is 5.43. The quantitative estimate of drug-likeness (QED) is 0.649. The standard InChI is InChI=1S/C19H23N5O2S/c1-4-6-15-21-11(3)16(27-15)18(26)23-19-22-13-10-12(17(20)25)7-8-14(13)24(19)9-5-2/h7-8,10H,4-6,9H2,1-3H3,(H2,20,25)(H,22,23,26). The maximum Gasteiger partial charge on any atom is 0.269 e. The number of benzene rings is 1. The molecule has 2 aromatic heterocycles. The third-order valence-electron chi connectivity index (χ3n) is 4.22. The molecule has 0 aliphatic carbocycles. The predicted octanol–water partition coefficient (Wildman–Crippen LogP) is 3.51. The molecule has 3 aromatic rings. The molecule has 0 aliphatic heterocycles. The predicted molar refractivity (Wildman–Crippen MR) is 107 cm³/mol. The van der Waals surface area contributed by atoms with E-state index in [0.29, 0.717) is 28.5 Å². The van der Waals surface area contributed by atoms with Crippen LogP contribution in [0.1, 0.15) is 57.4 Å². The Kier molecular flexibility index (Phi) is 5.55. The maximum atomic E-state index is 12.8. The molecular weight excluding hydrogens is 362 g/mol. The van der Waals surface area contributed by atoms with Gasteiger partial charge in [0.15, 0.2) is 0 Å². The van der Waals surface area contributed by atoms with Gasteiger partial charge < -0.3 is 10.3 Å². The van der Waals surface area contributed by atoms with Gasteiger partial charge in [0.25, 0.3) is 5.91 Å². The molecule has 2 amide bonds. The summed E-state index contributed by atoms with van der Waals surface area (Å²) in [5.41, 5.74) is 7.96. The van der Waals surface area contributed by atoms with Crippen molar-refractivity contribution in [3.8, 4) is 0 Å². The first kappa shape index (κ1) is 19.0. The van der Waals surface area contributed by atoms with Crippen molar-refractivity contribution in [1.29, 1.82) is 0 Å². The van der Waals surface area contributed by atoms with Gasteiger partial charge in [-0.1, -0.05) is 13.8 Å². The van der Waals surface area contributed by atoms with E-state index in [1.54, 1.807) is 12.1 Å². The summed E-state index contributed by atoms with van der Waals surface area (Å²) in [6.45, 7) is 6.69. The number of nitrogens with one attached hydrogen (secondary N) is 1. The Labute approximate surface area is 161 Å². The minimum Gasteiger partial charge on any atom is -0.366 e. The highest BCUT2D eigenvalue weighted by atomic mass is 32.1. The van der Waals surface area contributed by atoms with Crippen molar-refractivity contribution in [3.63, 3.8) is 0 Å². The van der Waals surface area contributed by atoms with E-state index in [2.05, 4.69) is 29.1 Å². The van der Waals surface area contributed by atoms with Crippen LogP contribution in [-0.2, 0) is 13.0 Å². The van der Waals surface area contributed by atoms with Gasteiger partial charge >= 0.3 is 0 Å². The summed E-state index contributed by atoms with van der Waals surface area (Å²) in [5.74, 6) is -0.255. The van der Waals surface area contributed by atoms with Crippen molar-refractivity contribution < 1.29 is 9.59 Å². The van der Waals surface area contributed by atoms with Crippen LogP contribution in [0.2, 0.25) is 0 Å². The van der Waals surface area contributed by atoms with E-state index in [1.807, 2.05) is 17.6 Å². The molecule has 8 heteroatoms. The first-order valence-electron chi connectivity index (χ1n) is 9.02. The van der Waals surface area contributed by atoms with Crippen molar-refractivity contribution in [2.24, 2.45) is 5.73 Å². The Bertz CT molecular complexity index is 1010. The number of primary amides is 1. The van der Waals surface area contributed by atoms with Crippen LogP contribution in [0.5, 0.6) is 0 Å². The van der Waals surface area contributed by atoms with Crippen molar-refractivity contribution in [1.82, 2.24) is 14.5 Å². The van der Waals surface area contributed by atoms with E-state index in [4.69, 9.17) is 5.73 Å². The van der Waals surface area contributed by atoms with Gasteiger partial charge in [-0.25, -0.2) is 9.97 Å². The number of aryl methyl sites for hydroxylation is 3. The van der Waals surface area contributed by atoms with Crippen LogP contribution in [0.3, 0.4) is 0 Å². The molecule has 0 saturated heterocycles. The summed E-state index contributed by atoms with van der Waals surface area (Å²) < 4.78 is 1.95. The van der Waals surface area contributed by atoms with Crippen LogP contribution in [-0.4, -0.2) is 26.3 Å². The summed E-state index contributed by atoms with van der Waals surface area (Å²) >= 11 is 1.42. The van der Waals surface area contributed by atoms with E-state index in [-0.39, 0.29) is 5.91 Å². The number of hydrogen-bond acceptors (Lipinski definition) is 5. The lowest BCUT2D eigenvalue weighted by Crippen LogP contribution is -2.16. The van der Waals surface area contributed by atoms with Gasteiger partial charge in [-0.2, -0.15) is 0 Å². The summed E-state index contributed by atoms with van der Waals surface area (Å²) in [5, 5.41) is 3.88. The summed E-state index contributed by atoms with van der Waals surface area (Å²) in [6, 6.07) is 5.14. The summed E-state index contributed by atoms with van der Waals surface area (Å²) in [4.78, 5) is 33.8. The van der Waals surface area contributed by atoms with Crippen molar-refractivity contribution in [3.05, 3.63) is 39.3 Å². The van der Waals surface area contributed by atoms with Crippen molar-refractivity contribution >= 4 is 40.1 Å². The first-order valence-corrected chi connectivity index (χ1v) is 9.84. The number of fused-ring (bicyclic) bond motifs is 1. The molecule has 2 heterocycles. The van der Waals surface area contributed by atoms with Crippen molar-refractivity contribution in [2.75, 3.05) is 5.32 Å². The molecule has 7 nitrogen and oxygen atoms in total. The molecule has 0 bridgehead atoms. The monoisotopic (exact) mass is 385 g/mol. The van der Waals surface area contributed by atoms with E-state index >= 15 is 0 Å². The second-order valence-corrected chi connectivity index (χ2v) is 7.46. The summed E-state index contributed by atoms with van der Waals surface area (Å²) in [6.07, 6.45) is 2.73. The number of imidazole rings is 1. The van der Waals surface area contributed by atoms with Crippen LogP contribution >= 0.6 is 11.3 Å². The zero-order valence-electron chi connectivity index (χ0n) is 15.7. The molecule has 0 spiro atoms. The first-order chi connectivity index (χ1) is 12.9. The number of hydrogen-bond donors (Lipinski definition) is 2. The zero-order valence-corrected chi connectivity index (χ0v) is 16.5. The molecule has 142 valence electrons. The van der Waals surface area contributed by atoms with Crippen LogP contribution in [0.15, 0.2) is 18.2 Å². The average Bonchev–Trinajstić information content (AvgIpc) is 3.15. The molecule has 3 rings (SSSR count). The molecule has 0 saturated carbocycles. The highest BCUT2D eigenvalue weighted by Crippen LogP contribution is 2.24. The lowest BCUT2D eigenvalue weighted by Gasteiger charge is -2.08. The number of carbonyl (C=O) groups is 2. The fourth-order valence-electron chi connectivity index (χ4n) is 2.97. The molecule has 27 heavy (non-hydrogen) atoms. The Balaban J connectivity index is 1.96. The van der Waals surface area contributed by atoms with Gasteiger partial charge in [-0.15, -0.1) is 11.3 Å². The van der Waals surface area contributed by atoms with E-state index in [1.165, 1.54) is 11.3 Å². The van der Waals surface area contributed by atoms with Gasteiger partial charge in [0, 0.05) is 12.1 Å². The third kappa shape index (κ3) is 3.85. The number of aromatic nitrogens is 3. The molecular formula is C19H23N5O2S. The van der Waals surface area contributed by atoms with Gasteiger partial charge in [-0.3, -0.25) is 14.9 Å². The van der Waals surface area contributed by atoms with Crippen LogP contribution in [0.25, 0.3) is 11.0 Å². The fraction of sp³-hybridized carbons (Fsp3) is 0.368. The SMILES string of the molecule is CCCc1nc(C)c(C(=O)Nc2nc3cc(C(N)=O)ccc3n2CCC)s1. The minimum absolute atomic E-state index is 0.213. The maximum absolute atomic E-state index is 12.8. The topological polar surface area (TPSA) is 103 Å². The molecule has 0 aliphatic rings. The van der Waals surface area contributed by atoms with E-state index in [0.717, 1.165) is 35.5 Å². The number of amides is 2. The lowest BCUT2D eigenvalue weighted by molar-refractivity contribution is 0.0997. The van der Waals surface area contributed by atoms with Gasteiger partial charge in [0.2, 0.25) is 11.9 Å². The summed E-state index contributed by atoms with van der Waals surface area (Å²) in [7, 11) is 0. The Morgan fingerprint density at radius 3 is 2.67 bits per heavy atom. The second kappa shape index (κ2) is 7.87. The molecule has 0 radical (unpaired) electrons. The number of nitrogens with zero attached hydrogens (tertiary/aromatic N) is 3. The van der Waals surface area contributed by atoms with Gasteiger partial charge in [-0.05, 0) is 44.4 Å². The average molecular weight is 385 g/mol. The van der Waals surface area contributed by atoms with Crippen LogP contribution in [0.4, 0.5) is 5.95 Å². The van der Waals surface area contributed by atoms with Crippen LogP contribution in [0, 0.1) is 6.92 Å². The minimum atomic E-state index is -0.503. The molecule has 3 N–H and O–H groups in total. The van der Waals surface area contributed by atoms with Crippen molar-refractivity contribution in [2.45, 2.75) is 46.6 Å². The number of thiazole rings is 1. The number of nitrogens with two attached hydrogens (primary N) is 1. The lowest BCUT2D eigenvalue weighted by atomic mass is 10.2. The smallest absolute Gasteiger partial charge is 0.269 e. The normalized spacial score (nSPS) is 11.1. The number of rotatable bonds is 7. The molecule has 0 atom stereocenters. The molecule has 1 aromatic carbocycles. The second-order valence-electron chi connectivity index (χ2n) is 6.38. The van der Waals surface area contributed by atoms with Gasteiger partial charge in [0.1, 0.15) is 4.88 Å². The molecule has 0 unspecified atom stereocenters. The largest absolute Gasteiger partial charge is 0.366 e.